The van der Waals surface area contributed by atoms with Gasteiger partial charge in [0.2, 0.25) is 12.1 Å². The van der Waals surface area contributed by atoms with Gasteiger partial charge in [0.05, 0.1) is 29.2 Å². The Bertz CT molecular complexity index is 1610. The molecule has 2 fully saturated rings. The zero-order valence-corrected chi connectivity index (χ0v) is 33.1. The number of anilines is 1. The number of esters is 1. The molecule has 2 aromatic heterocycles. The quantitative estimate of drug-likeness (QED) is 0.0957. The van der Waals surface area contributed by atoms with E-state index < -0.39 is 17.1 Å². The Hall–Kier alpha value is -3.90. The minimum atomic E-state index is -0.645. The van der Waals surface area contributed by atoms with Crippen LogP contribution in [0.1, 0.15) is 105 Å². The van der Waals surface area contributed by atoms with Gasteiger partial charge >= 0.3 is 5.97 Å². The summed E-state index contributed by atoms with van der Waals surface area (Å²) in [6.07, 6.45) is 6.56. The predicted molar refractivity (Wildman–Crippen MR) is 206 cm³/mol. The number of hydrogen-bond donors (Lipinski definition) is 3. The fourth-order valence-corrected chi connectivity index (χ4v) is 6.35. The first kappa shape index (κ1) is 41.9. The summed E-state index contributed by atoms with van der Waals surface area (Å²) in [5.41, 5.74) is 0.353. The van der Waals surface area contributed by atoms with E-state index in [2.05, 4.69) is 56.1 Å². The van der Waals surface area contributed by atoms with Crippen molar-refractivity contribution in [2.45, 2.75) is 118 Å². The molecule has 0 bridgehead atoms. The molecule has 2 aliphatic rings. The highest BCUT2D eigenvalue weighted by molar-refractivity contribution is 6.32. The Morgan fingerprint density at radius 1 is 1.21 bits per heavy atom. The fourth-order valence-electron chi connectivity index (χ4n) is 6.20. The summed E-state index contributed by atoms with van der Waals surface area (Å²) in [5.74, 6) is 1.40. The molecule has 1 aliphatic carbocycles. The fraction of sp³-hybridized carbons (Fsp3) is 0.658. The first-order chi connectivity index (χ1) is 25.2. The molecular formula is C38H57ClN10O4. The van der Waals surface area contributed by atoms with Gasteiger partial charge in [0, 0.05) is 54.4 Å². The Balaban J connectivity index is 1.23. The van der Waals surface area contributed by atoms with Crippen molar-refractivity contribution < 1.29 is 19.0 Å². The van der Waals surface area contributed by atoms with E-state index in [1.54, 1.807) is 0 Å². The molecule has 2 aromatic rings. The number of nitriles is 1. The predicted octanol–water partition coefficient (Wildman–Crippen LogP) is 6.15. The number of carbonyl (C=O) groups is 1. The molecule has 4 rings (SSSR count). The van der Waals surface area contributed by atoms with Crippen molar-refractivity contribution >= 4 is 35.7 Å². The Labute approximate surface area is 319 Å². The van der Waals surface area contributed by atoms with Gasteiger partial charge in [-0.25, -0.2) is 9.98 Å². The number of ether oxygens (including phenoxy) is 3. The second kappa shape index (κ2) is 19.4. The zero-order valence-electron chi connectivity index (χ0n) is 32.3. The lowest BCUT2D eigenvalue weighted by Crippen LogP contribution is -2.44. The van der Waals surface area contributed by atoms with E-state index in [1.807, 2.05) is 65.8 Å². The molecule has 0 aromatic carbocycles. The van der Waals surface area contributed by atoms with Gasteiger partial charge in [-0.2, -0.15) is 5.26 Å². The maximum Gasteiger partial charge on any atom is 0.313 e. The lowest BCUT2D eigenvalue weighted by molar-refractivity contribution is -0.169. The van der Waals surface area contributed by atoms with Crippen LogP contribution in [-0.4, -0.2) is 82.4 Å². The van der Waals surface area contributed by atoms with Crippen LogP contribution in [0.3, 0.4) is 0 Å². The topological polar surface area (TPSA) is 173 Å². The van der Waals surface area contributed by atoms with Crippen molar-refractivity contribution in [2.75, 3.05) is 31.7 Å². The van der Waals surface area contributed by atoms with Crippen LogP contribution in [0.15, 0.2) is 40.1 Å². The van der Waals surface area contributed by atoms with Crippen LogP contribution in [0.25, 0.3) is 5.57 Å². The smallest absolute Gasteiger partial charge is 0.313 e. The molecule has 14 nitrogen and oxygen atoms in total. The Kier molecular flexibility index (Phi) is 15.3. The average molecular weight is 753 g/mol. The lowest BCUT2D eigenvalue weighted by Gasteiger charge is -2.32. The first-order valence-electron chi connectivity index (χ1n) is 18.6. The van der Waals surface area contributed by atoms with Gasteiger partial charge in [-0.15, -0.1) is 15.0 Å². The number of carbonyl (C=O) groups excluding carboxylic acids is 1. The van der Waals surface area contributed by atoms with Crippen molar-refractivity contribution in [1.82, 2.24) is 35.8 Å². The Morgan fingerprint density at radius 3 is 2.53 bits per heavy atom. The monoisotopic (exact) mass is 752 g/mol. The summed E-state index contributed by atoms with van der Waals surface area (Å²) >= 11 is 6.59. The minimum Gasteiger partial charge on any atom is -0.437 e. The van der Waals surface area contributed by atoms with Crippen LogP contribution in [0.5, 0.6) is 0 Å². The van der Waals surface area contributed by atoms with Gasteiger partial charge in [0.1, 0.15) is 18.2 Å². The van der Waals surface area contributed by atoms with E-state index in [9.17, 15) is 10.1 Å². The second-order valence-corrected chi connectivity index (χ2v) is 16.1. The molecule has 290 valence electrons. The summed E-state index contributed by atoms with van der Waals surface area (Å²) in [6.45, 7) is 19.4. The molecular weight excluding hydrogens is 696 g/mol. The highest BCUT2D eigenvalue weighted by Gasteiger charge is 2.33. The van der Waals surface area contributed by atoms with Crippen molar-refractivity contribution in [1.29, 1.82) is 5.26 Å². The highest BCUT2D eigenvalue weighted by atomic mass is 35.5. The number of aromatic nitrogens is 5. The van der Waals surface area contributed by atoms with Crippen LogP contribution < -0.4 is 16.0 Å². The number of nitrogens with one attached hydrogen (secondary N) is 3. The molecule has 15 heteroatoms. The van der Waals surface area contributed by atoms with E-state index >= 15 is 0 Å². The molecule has 2 atom stereocenters. The SMILES string of the molecule is C=N/C(=C\C(=C(/C)Cl)c1cccc(NCC2(C#N)CCOCC2)n1)N[C@H]1CC[C@H](N[C@H](C)COCc2nnn([C@H](OC(=O)C(C)(C)C)C(C)C)n2)CC1. The molecule has 1 saturated heterocycles. The molecule has 3 N–H and O–H groups in total. The second-order valence-electron chi connectivity index (χ2n) is 15.5. The number of nitrogens with zero attached hydrogens (tertiary/aromatic N) is 7. The van der Waals surface area contributed by atoms with Crippen LogP contribution in [0, 0.1) is 28.1 Å². The summed E-state index contributed by atoms with van der Waals surface area (Å²) in [4.78, 5) is 22.9. The van der Waals surface area contributed by atoms with Crippen molar-refractivity contribution in [3.63, 3.8) is 0 Å². The van der Waals surface area contributed by atoms with Gasteiger partial charge in [-0.3, -0.25) is 4.79 Å². The van der Waals surface area contributed by atoms with Crippen molar-refractivity contribution in [3.8, 4) is 6.07 Å². The number of tetrazole rings is 1. The summed E-state index contributed by atoms with van der Waals surface area (Å²) < 4.78 is 17.1. The number of halogens is 1. The molecule has 0 unspecified atom stereocenters. The Morgan fingerprint density at radius 2 is 1.91 bits per heavy atom. The van der Waals surface area contributed by atoms with Crippen molar-refractivity contribution in [3.05, 3.63) is 46.6 Å². The molecule has 1 saturated carbocycles. The third-order valence-corrected chi connectivity index (χ3v) is 9.65. The van der Waals surface area contributed by atoms with Gasteiger partial charge in [0.15, 0.2) is 0 Å². The van der Waals surface area contributed by atoms with E-state index in [0.717, 1.165) is 31.3 Å². The van der Waals surface area contributed by atoms with Crippen LogP contribution in [-0.2, 0) is 25.6 Å². The largest absolute Gasteiger partial charge is 0.437 e. The molecule has 3 heterocycles. The number of rotatable bonds is 17. The third kappa shape index (κ3) is 12.6. The number of aliphatic imine (C=N–C) groups is 1. The van der Waals surface area contributed by atoms with E-state index in [-0.39, 0.29) is 30.6 Å². The molecule has 0 amide bonds. The molecule has 53 heavy (non-hydrogen) atoms. The highest BCUT2D eigenvalue weighted by Crippen LogP contribution is 2.31. The van der Waals surface area contributed by atoms with Gasteiger partial charge in [0.25, 0.3) is 0 Å². The summed E-state index contributed by atoms with van der Waals surface area (Å²) in [7, 11) is 0. The maximum absolute atomic E-state index is 12.5. The molecule has 0 radical (unpaired) electrons. The number of allylic oxidation sites excluding steroid dienone is 3. The third-order valence-electron chi connectivity index (χ3n) is 9.45. The van der Waals surface area contributed by atoms with Gasteiger partial charge in [-0.05, 0) is 103 Å². The average Bonchev–Trinajstić information content (AvgIpc) is 3.60. The van der Waals surface area contributed by atoms with E-state index in [0.29, 0.717) is 73.4 Å². The van der Waals surface area contributed by atoms with E-state index in [1.165, 1.54) is 4.80 Å². The molecule has 1 aliphatic heterocycles. The first-order valence-corrected chi connectivity index (χ1v) is 18.9. The maximum atomic E-state index is 12.5. The number of hydrogen-bond acceptors (Lipinski definition) is 13. The lowest BCUT2D eigenvalue weighted by atomic mass is 9.82. The zero-order chi connectivity index (χ0) is 38.6. The van der Waals surface area contributed by atoms with Gasteiger partial charge < -0.3 is 30.2 Å². The molecule has 0 spiro atoms. The number of pyridine rings is 1. The van der Waals surface area contributed by atoms with Crippen LogP contribution in [0.2, 0.25) is 0 Å². The van der Waals surface area contributed by atoms with Crippen LogP contribution in [0.4, 0.5) is 5.82 Å². The normalized spacial score (nSPS) is 20.9. The van der Waals surface area contributed by atoms with Crippen molar-refractivity contribution in [2.24, 2.45) is 21.7 Å². The summed E-state index contributed by atoms with van der Waals surface area (Å²) in [5, 5.41) is 33.7. The summed E-state index contributed by atoms with van der Waals surface area (Å²) in [6, 6.07) is 8.95. The minimum absolute atomic E-state index is 0.0330. The van der Waals surface area contributed by atoms with E-state index in [4.69, 9.17) is 30.8 Å². The van der Waals surface area contributed by atoms with Crippen LogP contribution >= 0.6 is 11.6 Å². The van der Waals surface area contributed by atoms with Gasteiger partial charge in [-0.1, -0.05) is 31.5 Å². The standard InChI is InChI=1S/C38H57ClN10O4/c1-25(2)35(53-36(50)37(5,6)7)49-47-34(46-48-49)22-52-21-26(3)43-28-12-14-29(15-13-28)44-33(41-8)20-30(27(4)39)31-10-9-11-32(45-31)42-24-38(23-40)16-18-51-19-17-38/h9-11,20,25-26,28-29,35,43-44H,8,12-19,21-22,24H2,1-7H3,(H,42,45)/b30-27-,33-20+/t26-,28-,29-,35-/m1/s1.